The Morgan fingerprint density at radius 2 is 1.63 bits per heavy atom. The van der Waals surface area contributed by atoms with Crippen molar-refractivity contribution in [2.45, 2.75) is 44.7 Å². The molecular weight excluding hydrogens is 448 g/mol. The number of hydrogen-bond acceptors (Lipinski definition) is 5. The highest BCUT2D eigenvalue weighted by Crippen LogP contribution is 2.44. The number of carboxylic acid groups (broad SMARTS) is 1. The second kappa shape index (κ2) is 12.2. The van der Waals surface area contributed by atoms with Gasteiger partial charge in [0.1, 0.15) is 12.6 Å². The molecule has 3 amide bonds. The number of nitrogens with one attached hydrogen (secondary N) is 3. The summed E-state index contributed by atoms with van der Waals surface area (Å²) < 4.78 is 5.63. The molecule has 0 fully saturated rings. The average molecular weight is 483 g/mol. The average Bonchev–Trinajstić information content (AvgIpc) is 3.14. The van der Waals surface area contributed by atoms with Crippen LogP contribution in [-0.2, 0) is 9.53 Å². The number of rotatable bonds is 12. The molecule has 9 heteroatoms. The molecule has 0 bridgehead atoms. The fourth-order valence-electron chi connectivity index (χ4n) is 4.34. The van der Waals surface area contributed by atoms with Crippen LogP contribution >= 0.6 is 0 Å². The van der Waals surface area contributed by atoms with Crippen molar-refractivity contribution >= 4 is 18.1 Å². The van der Waals surface area contributed by atoms with Crippen LogP contribution in [0.2, 0.25) is 0 Å². The van der Waals surface area contributed by atoms with E-state index in [1.54, 1.807) is 0 Å². The Kier molecular flexibility index (Phi) is 9.08. The standard InChI is InChI=1S/C26H34N4O5/c1-16(2)23(14-29-22(24(31)32)12-7-13-28-25(27)33)30-26(34)35-15-21-19-10-5-3-8-17(19)18-9-4-6-11-20(18)21/h3-6,8-11,16,21-23,29H,7,12-15H2,1-2H3,(H,30,34)(H,31,32)(H3,27,28,33)/t22-,23+/m0/s1. The third kappa shape index (κ3) is 6.95. The minimum Gasteiger partial charge on any atom is -0.480 e. The maximum atomic E-state index is 12.7. The molecule has 1 aliphatic rings. The van der Waals surface area contributed by atoms with E-state index in [1.807, 2.05) is 38.1 Å². The Balaban J connectivity index is 1.54. The van der Waals surface area contributed by atoms with Crippen molar-refractivity contribution in [3.05, 3.63) is 59.7 Å². The lowest BCUT2D eigenvalue weighted by Crippen LogP contribution is -2.49. The smallest absolute Gasteiger partial charge is 0.407 e. The molecule has 0 radical (unpaired) electrons. The first-order valence-electron chi connectivity index (χ1n) is 11.9. The summed E-state index contributed by atoms with van der Waals surface area (Å²) in [5.74, 6) is -0.976. The number of alkyl carbamates (subject to hydrolysis) is 1. The molecule has 0 heterocycles. The number of carbonyl (C=O) groups is 3. The number of urea groups is 1. The molecule has 6 N–H and O–H groups in total. The normalized spacial score (nSPS) is 14.0. The van der Waals surface area contributed by atoms with Gasteiger partial charge in [-0.1, -0.05) is 62.4 Å². The highest BCUT2D eigenvalue weighted by Gasteiger charge is 2.29. The second-order valence-electron chi connectivity index (χ2n) is 9.05. The van der Waals surface area contributed by atoms with Crippen LogP contribution < -0.4 is 21.7 Å². The minimum absolute atomic E-state index is 0.0332. The zero-order chi connectivity index (χ0) is 25.4. The predicted molar refractivity (Wildman–Crippen MR) is 133 cm³/mol. The lowest BCUT2D eigenvalue weighted by molar-refractivity contribution is -0.139. The van der Waals surface area contributed by atoms with E-state index in [0.717, 1.165) is 22.3 Å². The van der Waals surface area contributed by atoms with Crippen LogP contribution in [-0.4, -0.2) is 55.0 Å². The number of nitrogens with two attached hydrogens (primary N) is 1. The molecule has 2 aromatic carbocycles. The summed E-state index contributed by atoms with van der Waals surface area (Å²) in [6, 6.07) is 14.5. The lowest BCUT2D eigenvalue weighted by Gasteiger charge is -2.25. The van der Waals surface area contributed by atoms with Gasteiger partial charge in [0, 0.05) is 25.0 Å². The van der Waals surface area contributed by atoms with Gasteiger partial charge in [-0.05, 0) is 41.0 Å². The Hall–Kier alpha value is -3.59. The van der Waals surface area contributed by atoms with Crippen LogP contribution in [0.15, 0.2) is 48.5 Å². The maximum absolute atomic E-state index is 12.7. The number of fused-ring (bicyclic) bond motifs is 3. The molecule has 2 atom stereocenters. The van der Waals surface area contributed by atoms with Gasteiger partial charge in [0.25, 0.3) is 0 Å². The summed E-state index contributed by atoms with van der Waals surface area (Å²) in [5.41, 5.74) is 9.62. The summed E-state index contributed by atoms with van der Waals surface area (Å²) in [6.07, 6.45) is 0.231. The summed E-state index contributed by atoms with van der Waals surface area (Å²) in [5, 5.41) is 17.8. The van der Waals surface area contributed by atoms with E-state index in [1.165, 1.54) is 0 Å². The lowest BCUT2D eigenvalue weighted by atomic mass is 9.98. The van der Waals surface area contributed by atoms with Crippen molar-refractivity contribution in [3.63, 3.8) is 0 Å². The van der Waals surface area contributed by atoms with Crippen molar-refractivity contribution in [1.82, 2.24) is 16.0 Å². The number of hydrogen-bond donors (Lipinski definition) is 5. The highest BCUT2D eigenvalue weighted by atomic mass is 16.5. The van der Waals surface area contributed by atoms with Crippen LogP contribution in [0.4, 0.5) is 9.59 Å². The summed E-state index contributed by atoms with van der Waals surface area (Å²) in [6.45, 7) is 4.67. The molecule has 9 nitrogen and oxygen atoms in total. The predicted octanol–water partition coefficient (Wildman–Crippen LogP) is 3.04. The van der Waals surface area contributed by atoms with Gasteiger partial charge in [0.05, 0.1) is 0 Å². The maximum Gasteiger partial charge on any atom is 0.407 e. The topological polar surface area (TPSA) is 143 Å². The number of benzene rings is 2. The molecule has 0 saturated carbocycles. The van der Waals surface area contributed by atoms with Gasteiger partial charge in [-0.15, -0.1) is 0 Å². The van der Waals surface area contributed by atoms with Crippen molar-refractivity contribution in [2.75, 3.05) is 19.7 Å². The number of ether oxygens (including phenoxy) is 1. The number of primary amides is 1. The van der Waals surface area contributed by atoms with Crippen LogP contribution in [0.3, 0.4) is 0 Å². The first kappa shape index (κ1) is 26.0. The minimum atomic E-state index is -0.993. The van der Waals surface area contributed by atoms with Crippen LogP contribution in [0.25, 0.3) is 11.1 Å². The Labute approximate surface area is 205 Å². The van der Waals surface area contributed by atoms with Gasteiger partial charge in [0.2, 0.25) is 0 Å². The third-order valence-electron chi connectivity index (χ3n) is 6.30. The fraction of sp³-hybridized carbons (Fsp3) is 0.423. The number of amides is 3. The number of aliphatic carboxylic acids is 1. The molecule has 0 unspecified atom stereocenters. The monoisotopic (exact) mass is 482 g/mol. The molecule has 0 saturated heterocycles. The quantitative estimate of drug-likeness (QED) is 0.294. The van der Waals surface area contributed by atoms with Crippen LogP contribution in [0.5, 0.6) is 0 Å². The number of carboxylic acids is 1. The third-order valence-corrected chi connectivity index (χ3v) is 6.30. The summed E-state index contributed by atoms with van der Waals surface area (Å²) >= 11 is 0. The molecule has 0 aromatic heterocycles. The molecule has 3 rings (SSSR count). The molecule has 0 aliphatic heterocycles. The zero-order valence-electron chi connectivity index (χ0n) is 20.1. The van der Waals surface area contributed by atoms with Gasteiger partial charge >= 0.3 is 18.1 Å². The highest BCUT2D eigenvalue weighted by molar-refractivity contribution is 5.79. The molecular formula is C26H34N4O5. The van der Waals surface area contributed by atoms with E-state index in [4.69, 9.17) is 10.5 Å². The van der Waals surface area contributed by atoms with Crippen LogP contribution in [0, 0.1) is 5.92 Å². The Morgan fingerprint density at radius 3 is 2.17 bits per heavy atom. The van der Waals surface area contributed by atoms with E-state index < -0.39 is 24.1 Å². The Morgan fingerprint density at radius 1 is 1.03 bits per heavy atom. The second-order valence-corrected chi connectivity index (χ2v) is 9.05. The van der Waals surface area contributed by atoms with Crippen molar-refractivity contribution in [3.8, 4) is 11.1 Å². The van der Waals surface area contributed by atoms with Gasteiger partial charge in [0.15, 0.2) is 0 Å². The van der Waals surface area contributed by atoms with E-state index in [0.29, 0.717) is 19.4 Å². The van der Waals surface area contributed by atoms with Gasteiger partial charge in [-0.3, -0.25) is 4.79 Å². The number of carbonyl (C=O) groups excluding carboxylic acids is 2. The largest absolute Gasteiger partial charge is 0.480 e. The zero-order valence-corrected chi connectivity index (χ0v) is 20.1. The SMILES string of the molecule is CC(C)[C@@H](CN[C@@H](CCCNC(N)=O)C(=O)O)NC(=O)OCC1c2ccccc2-c2ccccc21. The van der Waals surface area contributed by atoms with Crippen molar-refractivity contribution < 1.29 is 24.2 Å². The summed E-state index contributed by atoms with van der Waals surface area (Å²) in [7, 11) is 0. The fourth-order valence-corrected chi connectivity index (χ4v) is 4.34. The molecule has 2 aromatic rings. The van der Waals surface area contributed by atoms with E-state index in [2.05, 4.69) is 40.2 Å². The van der Waals surface area contributed by atoms with Crippen molar-refractivity contribution in [2.24, 2.45) is 11.7 Å². The molecule has 0 spiro atoms. The van der Waals surface area contributed by atoms with E-state index >= 15 is 0 Å². The van der Waals surface area contributed by atoms with Crippen LogP contribution in [0.1, 0.15) is 43.7 Å². The summed E-state index contributed by atoms with van der Waals surface area (Å²) in [4.78, 5) is 35.0. The first-order valence-corrected chi connectivity index (χ1v) is 11.9. The molecule has 35 heavy (non-hydrogen) atoms. The van der Waals surface area contributed by atoms with Gasteiger partial charge in [-0.2, -0.15) is 0 Å². The van der Waals surface area contributed by atoms with Gasteiger partial charge in [-0.25, -0.2) is 9.59 Å². The molecule has 188 valence electrons. The van der Waals surface area contributed by atoms with Gasteiger partial charge < -0.3 is 31.5 Å². The first-order chi connectivity index (χ1) is 16.8. The van der Waals surface area contributed by atoms with E-state index in [-0.39, 0.29) is 31.0 Å². The van der Waals surface area contributed by atoms with E-state index in [9.17, 15) is 19.5 Å². The molecule has 1 aliphatic carbocycles. The van der Waals surface area contributed by atoms with Crippen molar-refractivity contribution in [1.29, 1.82) is 0 Å². The Bertz CT molecular complexity index is 996.